The topological polar surface area (TPSA) is 3.24 Å². The van der Waals surface area contributed by atoms with E-state index in [9.17, 15) is 0 Å². The molecule has 0 aromatic heterocycles. The third kappa shape index (κ3) is 1.94. The van der Waals surface area contributed by atoms with Crippen LogP contribution in [0.4, 0.5) is 5.69 Å². The summed E-state index contributed by atoms with van der Waals surface area (Å²) >= 11 is 0. The summed E-state index contributed by atoms with van der Waals surface area (Å²) in [5.74, 6) is 0. The molecular weight excluding hydrogens is 178 g/mol. The molecule has 1 aliphatic rings. The summed E-state index contributed by atoms with van der Waals surface area (Å²) in [4.78, 5) is 3.67. The molecule has 0 amide bonds. The maximum Gasteiger partial charge on any atom is 0.0541 e. The van der Waals surface area contributed by atoms with Crippen molar-refractivity contribution in [2.45, 2.75) is 18.7 Å². The summed E-state index contributed by atoms with van der Waals surface area (Å²) in [5, 5.41) is 0. The fourth-order valence-electron chi connectivity index (χ4n) is 1.37. The highest BCUT2D eigenvalue weighted by Gasteiger charge is 2.12. The Labute approximate surface area is 83.3 Å². The molecule has 0 saturated heterocycles. The van der Waals surface area contributed by atoms with E-state index in [0.29, 0.717) is 10.5 Å². The first-order chi connectivity index (χ1) is 6.29. The SMILES string of the molecule is CC.CN1C=S(C)c2ccccc21. The average molecular weight is 195 g/mol. The molecule has 0 fully saturated rings. The number of nitrogens with zero attached hydrogens (tertiary/aromatic N) is 1. The predicted octanol–water partition coefficient (Wildman–Crippen LogP) is 3.18. The van der Waals surface area contributed by atoms with Crippen LogP contribution in [0.1, 0.15) is 13.8 Å². The molecule has 0 bridgehead atoms. The first-order valence-corrected chi connectivity index (χ1v) is 6.30. The molecule has 2 rings (SSSR count). The number of para-hydroxylation sites is 1. The lowest BCUT2D eigenvalue weighted by Crippen LogP contribution is -2.09. The Hall–Kier alpha value is -0.760. The van der Waals surface area contributed by atoms with Gasteiger partial charge in [0.05, 0.1) is 5.69 Å². The van der Waals surface area contributed by atoms with Crippen molar-refractivity contribution < 1.29 is 0 Å². The molecule has 1 unspecified atom stereocenters. The molecule has 0 radical (unpaired) electrons. The zero-order valence-corrected chi connectivity index (χ0v) is 9.56. The first-order valence-electron chi connectivity index (χ1n) is 4.60. The zero-order valence-electron chi connectivity index (χ0n) is 8.74. The fourth-order valence-corrected chi connectivity index (χ4v) is 2.91. The predicted molar refractivity (Wildman–Crippen MR) is 64.0 cm³/mol. The van der Waals surface area contributed by atoms with Gasteiger partial charge in [-0.1, -0.05) is 26.0 Å². The highest BCUT2D eigenvalue weighted by Crippen LogP contribution is 2.37. The molecule has 0 N–H and O–H groups in total. The maximum atomic E-state index is 2.27. The lowest BCUT2D eigenvalue weighted by Gasteiger charge is -2.08. The Morgan fingerprint density at radius 2 is 1.77 bits per heavy atom. The van der Waals surface area contributed by atoms with Crippen molar-refractivity contribution in [3.8, 4) is 0 Å². The van der Waals surface area contributed by atoms with Gasteiger partial charge in [-0.25, -0.2) is 0 Å². The van der Waals surface area contributed by atoms with E-state index in [0.717, 1.165) is 0 Å². The van der Waals surface area contributed by atoms with Crippen LogP contribution in [0.5, 0.6) is 0 Å². The molecule has 72 valence electrons. The summed E-state index contributed by atoms with van der Waals surface area (Å²) in [5.41, 5.74) is 3.63. The van der Waals surface area contributed by atoms with Gasteiger partial charge in [0.15, 0.2) is 0 Å². The molecule has 0 spiro atoms. The smallest absolute Gasteiger partial charge is 0.0541 e. The van der Waals surface area contributed by atoms with Crippen LogP contribution in [0.2, 0.25) is 0 Å². The lowest BCUT2D eigenvalue weighted by atomic mass is 10.3. The van der Waals surface area contributed by atoms with Crippen LogP contribution in [0.15, 0.2) is 29.2 Å². The minimum atomic E-state index is 0.323. The highest BCUT2D eigenvalue weighted by molar-refractivity contribution is 8.15. The van der Waals surface area contributed by atoms with Gasteiger partial charge in [0.25, 0.3) is 0 Å². The zero-order chi connectivity index (χ0) is 9.84. The minimum Gasteiger partial charge on any atom is -0.345 e. The van der Waals surface area contributed by atoms with Gasteiger partial charge in [0, 0.05) is 17.4 Å². The van der Waals surface area contributed by atoms with Crippen LogP contribution in [0.3, 0.4) is 0 Å². The van der Waals surface area contributed by atoms with Gasteiger partial charge in [-0.2, -0.15) is 0 Å². The van der Waals surface area contributed by atoms with E-state index in [4.69, 9.17) is 0 Å². The monoisotopic (exact) mass is 195 g/mol. The second-order valence-corrected chi connectivity index (χ2v) is 4.51. The molecule has 1 aliphatic heterocycles. The highest BCUT2D eigenvalue weighted by atomic mass is 32.2. The van der Waals surface area contributed by atoms with Crippen LogP contribution in [-0.2, 0) is 0 Å². The second-order valence-electron chi connectivity index (χ2n) is 2.74. The van der Waals surface area contributed by atoms with Crippen molar-refractivity contribution in [3.05, 3.63) is 24.3 Å². The van der Waals surface area contributed by atoms with Gasteiger partial charge in [-0.15, -0.1) is 10.5 Å². The molecule has 1 atom stereocenters. The number of hydrogen-bond acceptors (Lipinski definition) is 1. The molecular formula is C11H17NS. The Morgan fingerprint density at radius 3 is 2.38 bits per heavy atom. The molecule has 1 heterocycles. The molecule has 0 aliphatic carbocycles. The standard InChI is InChI=1S/C9H11NS.C2H6/c1-10-7-11(2)9-6-4-3-5-8(9)10;1-2/h3-7H,1-2H3;1-2H3. The van der Waals surface area contributed by atoms with Gasteiger partial charge in [0.2, 0.25) is 0 Å². The van der Waals surface area contributed by atoms with Crippen molar-refractivity contribution in [2.24, 2.45) is 0 Å². The third-order valence-electron chi connectivity index (χ3n) is 1.91. The number of hydrogen-bond donors (Lipinski definition) is 0. The summed E-state index contributed by atoms with van der Waals surface area (Å²) in [7, 11) is 2.43. The minimum absolute atomic E-state index is 0.323. The second kappa shape index (κ2) is 4.47. The summed E-state index contributed by atoms with van der Waals surface area (Å²) in [6, 6.07) is 8.57. The van der Waals surface area contributed by atoms with Gasteiger partial charge < -0.3 is 4.90 Å². The summed E-state index contributed by atoms with van der Waals surface area (Å²) in [6.45, 7) is 4.00. The van der Waals surface area contributed by atoms with E-state index in [1.807, 2.05) is 13.8 Å². The van der Waals surface area contributed by atoms with Crippen molar-refractivity contribution in [1.82, 2.24) is 0 Å². The van der Waals surface area contributed by atoms with Gasteiger partial charge >= 0.3 is 0 Å². The van der Waals surface area contributed by atoms with Crippen LogP contribution in [0, 0.1) is 0 Å². The van der Waals surface area contributed by atoms with E-state index < -0.39 is 0 Å². The third-order valence-corrected chi connectivity index (χ3v) is 3.58. The van der Waals surface area contributed by atoms with E-state index in [-0.39, 0.29) is 0 Å². The normalized spacial score (nSPS) is 18.5. The Kier molecular flexibility index (Phi) is 3.55. The molecule has 1 aromatic rings. The van der Waals surface area contributed by atoms with Crippen LogP contribution < -0.4 is 4.90 Å². The first kappa shape index (κ1) is 10.3. The van der Waals surface area contributed by atoms with E-state index in [1.54, 1.807) is 0 Å². The van der Waals surface area contributed by atoms with Gasteiger partial charge in [-0.05, 0) is 18.4 Å². The number of rotatable bonds is 0. The number of fused-ring (bicyclic) bond motifs is 1. The van der Waals surface area contributed by atoms with Crippen molar-refractivity contribution in [1.29, 1.82) is 0 Å². The quantitative estimate of drug-likeness (QED) is 0.575. The molecule has 0 saturated carbocycles. The number of benzene rings is 1. The Morgan fingerprint density at radius 1 is 1.15 bits per heavy atom. The van der Waals surface area contributed by atoms with Gasteiger partial charge in [0.1, 0.15) is 0 Å². The lowest BCUT2D eigenvalue weighted by molar-refractivity contribution is 1.27. The molecule has 1 aromatic carbocycles. The Balaban J connectivity index is 0.000000396. The van der Waals surface area contributed by atoms with E-state index in [1.165, 1.54) is 10.6 Å². The molecule has 13 heavy (non-hydrogen) atoms. The van der Waals surface area contributed by atoms with Crippen LogP contribution >= 0.6 is 10.5 Å². The number of anilines is 1. The Bertz CT molecular complexity index is 318. The van der Waals surface area contributed by atoms with Crippen LogP contribution in [0.25, 0.3) is 0 Å². The van der Waals surface area contributed by atoms with E-state index >= 15 is 0 Å². The maximum absolute atomic E-state index is 2.27. The average Bonchev–Trinajstić information content (AvgIpc) is 2.47. The molecule has 1 nitrogen and oxygen atoms in total. The molecule has 2 heteroatoms. The van der Waals surface area contributed by atoms with E-state index in [2.05, 4.69) is 48.0 Å². The summed E-state index contributed by atoms with van der Waals surface area (Å²) < 4.78 is 0. The van der Waals surface area contributed by atoms with Crippen molar-refractivity contribution in [2.75, 3.05) is 18.2 Å². The van der Waals surface area contributed by atoms with Gasteiger partial charge in [-0.3, -0.25) is 0 Å². The van der Waals surface area contributed by atoms with Crippen molar-refractivity contribution >= 4 is 21.7 Å². The summed E-state index contributed by atoms with van der Waals surface area (Å²) in [6.07, 6.45) is 2.25. The fraction of sp³-hybridized carbons (Fsp3) is 0.364. The van der Waals surface area contributed by atoms with Crippen molar-refractivity contribution in [3.63, 3.8) is 0 Å². The van der Waals surface area contributed by atoms with Crippen LogP contribution in [-0.4, -0.2) is 18.8 Å². The largest absolute Gasteiger partial charge is 0.345 e.